The highest BCUT2D eigenvalue weighted by Crippen LogP contribution is 2.30. The molecule has 0 N–H and O–H groups in total. The van der Waals surface area contributed by atoms with E-state index in [9.17, 15) is 20.2 Å². The minimum atomic E-state index is -0.737. The Bertz CT molecular complexity index is 1230. The molecule has 3 heterocycles. The van der Waals surface area contributed by atoms with Crippen LogP contribution >= 0.6 is 0 Å². The zero-order valence-corrected chi connectivity index (χ0v) is 13.3. The third-order valence-electron chi connectivity index (χ3n) is 3.79. The molecule has 13 heteroatoms. The molecule has 0 aliphatic heterocycles. The minimum absolute atomic E-state index is 0.0569. The molecule has 0 aliphatic carbocycles. The van der Waals surface area contributed by atoms with Gasteiger partial charge in [0.1, 0.15) is 5.52 Å². The van der Waals surface area contributed by atoms with Crippen LogP contribution in [-0.2, 0) is 0 Å². The van der Waals surface area contributed by atoms with Gasteiger partial charge >= 0.3 is 5.69 Å². The Hall–Kier alpha value is -4.03. The van der Waals surface area contributed by atoms with Gasteiger partial charge in [0.15, 0.2) is 22.4 Å². The lowest BCUT2D eigenvalue weighted by molar-refractivity contribution is -0.575. The Kier molecular flexibility index (Phi) is 3.12. The van der Waals surface area contributed by atoms with Crippen molar-refractivity contribution in [3.63, 3.8) is 0 Å². The van der Waals surface area contributed by atoms with Crippen LogP contribution in [0.1, 0.15) is 0 Å². The van der Waals surface area contributed by atoms with Gasteiger partial charge in [-0.1, -0.05) is 4.74 Å². The fourth-order valence-electron chi connectivity index (χ4n) is 2.67. The summed E-state index contributed by atoms with van der Waals surface area (Å²) in [5.74, 6) is 0.559. The van der Waals surface area contributed by atoms with E-state index >= 15 is 0 Å². The van der Waals surface area contributed by atoms with E-state index in [1.807, 2.05) is 0 Å². The molecule has 3 aromatic heterocycles. The van der Waals surface area contributed by atoms with Crippen molar-refractivity contribution in [1.82, 2.24) is 19.9 Å². The van der Waals surface area contributed by atoms with Crippen LogP contribution in [0.3, 0.4) is 0 Å². The van der Waals surface area contributed by atoms with Crippen LogP contribution in [-0.4, -0.2) is 38.9 Å². The average Bonchev–Trinajstić information content (AvgIpc) is 3.15. The van der Waals surface area contributed by atoms with E-state index in [0.717, 1.165) is 10.8 Å². The maximum Gasteiger partial charge on any atom is 0.305 e. The predicted octanol–water partition coefficient (Wildman–Crippen LogP) is 0.412. The van der Waals surface area contributed by atoms with Gasteiger partial charge in [-0.25, -0.2) is 0 Å². The molecule has 4 aromatic rings. The Labute approximate surface area is 142 Å². The number of hydrogen-bond donors (Lipinski definition) is 0. The number of nitro benzene ring substituents is 2. The number of nitrogens with zero attached hydrogens (tertiary/aromatic N) is 7. The Morgan fingerprint density at radius 1 is 1.15 bits per heavy atom. The Balaban J connectivity index is 2.21. The largest absolute Gasteiger partial charge is 0.494 e. The maximum absolute atomic E-state index is 11.3. The summed E-state index contributed by atoms with van der Waals surface area (Å²) < 4.78 is 12.8. The lowest BCUT2D eigenvalue weighted by Crippen LogP contribution is -2.27. The number of aromatic nitrogens is 5. The molecule has 0 saturated carbocycles. The van der Waals surface area contributed by atoms with Crippen molar-refractivity contribution in [2.45, 2.75) is 0 Å². The molecule has 0 fully saturated rings. The third-order valence-corrected chi connectivity index (χ3v) is 3.79. The number of hydrogen-bond acceptors (Lipinski definition) is 8. The summed E-state index contributed by atoms with van der Waals surface area (Å²) in [6.07, 6.45) is 0. The molecule has 0 radical (unpaired) electrons. The summed E-state index contributed by atoms with van der Waals surface area (Å²) in [5, 5.41) is 30.7. The highest BCUT2D eigenvalue weighted by Gasteiger charge is 2.26. The zero-order valence-electron chi connectivity index (χ0n) is 13.3. The Morgan fingerprint density at radius 3 is 2.54 bits per heavy atom. The first kappa shape index (κ1) is 15.5. The summed E-state index contributed by atoms with van der Waals surface area (Å²) in [4.78, 5) is 25.3. The zero-order chi connectivity index (χ0) is 18.6. The van der Waals surface area contributed by atoms with Crippen molar-refractivity contribution in [2.75, 3.05) is 14.2 Å². The maximum atomic E-state index is 11.3. The van der Waals surface area contributed by atoms with Gasteiger partial charge in [-0.2, -0.15) is 9.50 Å². The van der Waals surface area contributed by atoms with E-state index in [-0.39, 0.29) is 22.6 Å². The molecule has 0 atom stereocenters. The number of nitro groups is 2. The fraction of sp³-hybridized carbons (Fsp3) is 0.154. The van der Waals surface area contributed by atoms with Crippen LogP contribution in [0.4, 0.5) is 11.4 Å². The fourth-order valence-corrected chi connectivity index (χ4v) is 2.67. The van der Waals surface area contributed by atoms with Gasteiger partial charge in [0.2, 0.25) is 5.88 Å². The summed E-state index contributed by atoms with van der Waals surface area (Å²) in [5.41, 5.74) is -0.365. The first-order chi connectivity index (χ1) is 12.4. The van der Waals surface area contributed by atoms with Crippen LogP contribution in [0.5, 0.6) is 11.6 Å². The molecule has 0 spiro atoms. The summed E-state index contributed by atoms with van der Waals surface area (Å²) in [6, 6.07) is 3.54. The lowest BCUT2D eigenvalue weighted by atomic mass is 10.2. The van der Waals surface area contributed by atoms with Gasteiger partial charge in [0, 0.05) is 12.1 Å². The number of ether oxygens (including phenoxy) is 2. The van der Waals surface area contributed by atoms with Crippen molar-refractivity contribution in [3.05, 3.63) is 38.4 Å². The van der Waals surface area contributed by atoms with Gasteiger partial charge < -0.3 is 9.47 Å². The molecule has 0 amide bonds. The summed E-state index contributed by atoms with van der Waals surface area (Å²) in [6.45, 7) is 0. The molecular weight excluding hydrogens is 350 g/mol. The van der Waals surface area contributed by atoms with Gasteiger partial charge in [-0.05, 0) is 0 Å². The SMILES string of the molecule is COc1cc(OC)c2nn3[n-]c4c([N+](=O)[O-])cc([N+](=O)[O-])cc4[n+]3c2n1. The second-order valence-corrected chi connectivity index (χ2v) is 5.17. The topological polar surface area (TPSA) is 153 Å². The molecule has 13 nitrogen and oxygen atoms in total. The van der Waals surface area contributed by atoms with Crippen LogP contribution in [0.2, 0.25) is 0 Å². The standard InChI is InChI=1S/C13H9N7O6/c1-25-9-5-10(26-2)14-13-12(9)16-20-15-11-7(17(13)20)3-6(18(21)22)4-8(11)19(23)24/h3-5H,1-2H3. The van der Waals surface area contributed by atoms with Crippen LogP contribution in [0.15, 0.2) is 18.2 Å². The summed E-state index contributed by atoms with van der Waals surface area (Å²) >= 11 is 0. The molecule has 1 aromatic carbocycles. The molecule has 26 heavy (non-hydrogen) atoms. The number of benzene rings is 1. The van der Waals surface area contributed by atoms with Gasteiger partial charge in [-0.15, -0.1) is 10.2 Å². The normalized spacial score (nSPS) is 11.3. The van der Waals surface area contributed by atoms with E-state index < -0.39 is 21.2 Å². The first-order valence-electron chi connectivity index (χ1n) is 7.08. The third kappa shape index (κ3) is 2.00. The van der Waals surface area contributed by atoms with Gasteiger partial charge in [0.25, 0.3) is 5.69 Å². The van der Waals surface area contributed by atoms with Gasteiger partial charge in [0.05, 0.1) is 30.1 Å². The minimum Gasteiger partial charge on any atom is -0.494 e. The summed E-state index contributed by atoms with van der Waals surface area (Å²) in [7, 11) is 2.85. The van der Waals surface area contributed by atoms with Crippen molar-refractivity contribution in [3.8, 4) is 11.6 Å². The molecule has 0 bridgehead atoms. The smallest absolute Gasteiger partial charge is 0.305 e. The van der Waals surface area contributed by atoms with Crippen LogP contribution < -0.4 is 19.1 Å². The van der Waals surface area contributed by atoms with E-state index in [4.69, 9.17) is 9.47 Å². The predicted molar refractivity (Wildman–Crippen MR) is 83.4 cm³/mol. The second kappa shape index (κ2) is 5.23. The lowest BCUT2D eigenvalue weighted by Gasteiger charge is -2.03. The van der Waals surface area contributed by atoms with Crippen molar-refractivity contribution >= 4 is 33.6 Å². The van der Waals surface area contributed by atoms with E-state index in [1.165, 1.54) is 30.9 Å². The number of fused-ring (bicyclic) bond motifs is 5. The number of methoxy groups -OCH3 is 2. The van der Waals surface area contributed by atoms with Crippen molar-refractivity contribution < 1.29 is 23.8 Å². The molecule has 0 aliphatic rings. The van der Waals surface area contributed by atoms with Crippen LogP contribution in [0, 0.1) is 20.2 Å². The Morgan fingerprint density at radius 2 is 1.92 bits per heavy atom. The second-order valence-electron chi connectivity index (χ2n) is 5.17. The van der Waals surface area contributed by atoms with Gasteiger partial charge in [-0.3, -0.25) is 20.2 Å². The van der Waals surface area contributed by atoms with E-state index in [1.54, 1.807) is 0 Å². The van der Waals surface area contributed by atoms with Crippen LogP contribution in [0.25, 0.3) is 22.2 Å². The highest BCUT2D eigenvalue weighted by atomic mass is 16.6. The van der Waals surface area contributed by atoms with E-state index in [2.05, 4.69) is 15.2 Å². The molecule has 0 saturated heterocycles. The first-order valence-corrected chi connectivity index (χ1v) is 7.08. The number of pyridine rings is 1. The molecule has 4 rings (SSSR count). The number of rotatable bonds is 4. The van der Waals surface area contributed by atoms with Crippen molar-refractivity contribution in [1.29, 1.82) is 0 Å². The molecular formula is C13H9N7O6. The monoisotopic (exact) mass is 359 g/mol. The number of non-ortho nitro benzene ring substituents is 2. The average molecular weight is 359 g/mol. The molecule has 132 valence electrons. The molecule has 0 unspecified atom stereocenters. The van der Waals surface area contributed by atoms with Crippen molar-refractivity contribution in [2.24, 2.45) is 0 Å². The van der Waals surface area contributed by atoms with E-state index in [0.29, 0.717) is 11.3 Å². The highest BCUT2D eigenvalue weighted by molar-refractivity contribution is 5.85. The quantitative estimate of drug-likeness (QED) is 0.286.